The number of carboxylic acid groups (broad SMARTS) is 1. The molecule has 4 rings (SSSR count). The van der Waals surface area contributed by atoms with Crippen molar-refractivity contribution in [3.05, 3.63) is 47.1 Å². The first-order valence-electron chi connectivity index (χ1n) is 6.82. The van der Waals surface area contributed by atoms with Gasteiger partial charge in [0, 0.05) is 17.5 Å². The molecule has 0 unspecified atom stereocenters. The molecule has 0 spiro atoms. The molecule has 0 amide bonds. The van der Waals surface area contributed by atoms with Crippen molar-refractivity contribution in [1.29, 1.82) is 0 Å². The highest BCUT2D eigenvalue weighted by molar-refractivity contribution is 7.17. The van der Waals surface area contributed by atoms with Crippen LogP contribution in [-0.4, -0.2) is 21.0 Å². The molecule has 4 nitrogen and oxygen atoms in total. The van der Waals surface area contributed by atoms with Gasteiger partial charge in [0.15, 0.2) is 0 Å². The zero-order valence-corrected chi connectivity index (χ0v) is 11.9. The van der Waals surface area contributed by atoms with Crippen molar-refractivity contribution in [2.75, 3.05) is 0 Å². The Morgan fingerprint density at radius 3 is 2.81 bits per heavy atom. The van der Waals surface area contributed by atoms with E-state index in [1.165, 1.54) is 11.3 Å². The molecule has 1 aromatic carbocycles. The van der Waals surface area contributed by atoms with Crippen molar-refractivity contribution in [2.45, 2.75) is 18.8 Å². The minimum atomic E-state index is -0.888. The molecule has 0 bridgehead atoms. The van der Waals surface area contributed by atoms with Crippen LogP contribution >= 0.6 is 11.3 Å². The van der Waals surface area contributed by atoms with Crippen LogP contribution in [0.3, 0.4) is 0 Å². The van der Waals surface area contributed by atoms with E-state index in [4.69, 9.17) is 0 Å². The number of hydrogen-bond acceptors (Lipinski definition) is 4. The molecule has 0 atom stereocenters. The van der Waals surface area contributed by atoms with Gasteiger partial charge in [0.1, 0.15) is 15.6 Å². The predicted molar refractivity (Wildman–Crippen MR) is 81.8 cm³/mol. The molecule has 104 valence electrons. The molecular weight excluding hydrogens is 284 g/mol. The average molecular weight is 296 g/mol. The quantitative estimate of drug-likeness (QED) is 0.795. The van der Waals surface area contributed by atoms with Crippen LogP contribution in [0.5, 0.6) is 0 Å². The number of pyridine rings is 1. The summed E-state index contributed by atoms with van der Waals surface area (Å²) in [6, 6.07) is 9.91. The first-order chi connectivity index (χ1) is 10.2. The van der Waals surface area contributed by atoms with E-state index in [-0.39, 0.29) is 0 Å². The van der Waals surface area contributed by atoms with Gasteiger partial charge in [-0.3, -0.25) is 4.98 Å². The fourth-order valence-corrected chi connectivity index (χ4v) is 3.51. The van der Waals surface area contributed by atoms with E-state index in [1.807, 2.05) is 30.3 Å². The molecule has 1 saturated carbocycles. The highest BCUT2D eigenvalue weighted by atomic mass is 32.1. The number of hydrogen-bond donors (Lipinski definition) is 1. The van der Waals surface area contributed by atoms with Gasteiger partial charge in [-0.05, 0) is 24.3 Å². The van der Waals surface area contributed by atoms with Gasteiger partial charge in [0.2, 0.25) is 0 Å². The Hall–Kier alpha value is -2.27. The number of carboxylic acids is 1. The summed E-state index contributed by atoms with van der Waals surface area (Å²) in [5.74, 6) is -0.572. The van der Waals surface area contributed by atoms with Crippen molar-refractivity contribution >= 4 is 28.1 Å². The first kappa shape index (κ1) is 12.5. The van der Waals surface area contributed by atoms with Crippen LogP contribution in [-0.2, 0) is 0 Å². The topological polar surface area (TPSA) is 63.1 Å². The van der Waals surface area contributed by atoms with E-state index in [1.54, 1.807) is 6.20 Å². The fourth-order valence-electron chi connectivity index (χ4n) is 2.51. The molecular formula is C16H12N2O2S. The lowest BCUT2D eigenvalue weighted by molar-refractivity contribution is 0.0700. The lowest BCUT2D eigenvalue weighted by atomic mass is 10.1. The van der Waals surface area contributed by atoms with E-state index in [9.17, 15) is 9.90 Å². The number of rotatable bonds is 3. The van der Waals surface area contributed by atoms with Crippen molar-refractivity contribution < 1.29 is 9.90 Å². The summed E-state index contributed by atoms with van der Waals surface area (Å²) in [7, 11) is 0. The minimum absolute atomic E-state index is 0.316. The molecule has 21 heavy (non-hydrogen) atoms. The van der Waals surface area contributed by atoms with E-state index in [2.05, 4.69) is 9.97 Å². The summed E-state index contributed by atoms with van der Waals surface area (Å²) < 4.78 is 0. The normalized spacial score (nSPS) is 14.5. The summed E-state index contributed by atoms with van der Waals surface area (Å²) in [5, 5.41) is 12.2. The van der Waals surface area contributed by atoms with Crippen molar-refractivity contribution in [3.8, 4) is 10.7 Å². The molecule has 1 N–H and O–H groups in total. The molecule has 0 saturated heterocycles. The third-order valence-corrected chi connectivity index (χ3v) is 4.75. The van der Waals surface area contributed by atoms with Crippen molar-refractivity contribution in [1.82, 2.24) is 9.97 Å². The molecule has 1 fully saturated rings. The standard InChI is InChI=1S/C16H12N2O2S/c19-16(20)14-12(10-5-6-10)18-15(21-14)13-11-4-2-1-3-9(11)7-8-17-13/h1-4,7-8,10H,5-6H2,(H,19,20). The molecule has 0 radical (unpaired) electrons. The molecule has 1 aliphatic carbocycles. The van der Waals surface area contributed by atoms with Gasteiger partial charge in [-0.25, -0.2) is 9.78 Å². The van der Waals surface area contributed by atoms with Gasteiger partial charge >= 0.3 is 5.97 Å². The first-order valence-corrected chi connectivity index (χ1v) is 7.64. The highest BCUT2D eigenvalue weighted by Gasteiger charge is 2.32. The maximum Gasteiger partial charge on any atom is 0.347 e. The Balaban J connectivity index is 1.93. The lowest BCUT2D eigenvalue weighted by Crippen LogP contribution is -1.97. The van der Waals surface area contributed by atoms with E-state index >= 15 is 0 Å². The van der Waals surface area contributed by atoms with Crippen LogP contribution in [0.4, 0.5) is 0 Å². The van der Waals surface area contributed by atoms with E-state index in [0.29, 0.717) is 15.8 Å². The molecule has 3 aromatic rings. The largest absolute Gasteiger partial charge is 0.477 e. The predicted octanol–water partition coefficient (Wildman–Crippen LogP) is 3.93. The zero-order chi connectivity index (χ0) is 14.4. The lowest BCUT2D eigenvalue weighted by Gasteiger charge is -2.01. The molecule has 0 aliphatic heterocycles. The second kappa shape index (κ2) is 4.63. The fraction of sp³-hybridized carbons (Fsp3) is 0.188. The van der Waals surface area contributed by atoms with Crippen LogP contribution in [0.25, 0.3) is 21.5 Å². The Morgan fingerprint density at radius 1 is 1.24 bits per heavy atom. The summed E-state index contributed by atoms with van der Waals surface area (Å²) >= 11 is 1.23. The third kappa shape index (κ3) is 2.10. The molecule has 5 heteroatoms. The smallest absolute Gasteiger partial charge is 0.347 e. The van der Waals surface area contributed by atoms with Crippen LogP contribution in [0.2, 0.25) is 0 Å². The summed E-state index contributed by atoms with van der Waals surface area (Å²) in [4.78, 5) is 20.8. The summed E-state index contributed by atoms with van der Waals surface area (Å²) in [6.07, 6.45) is 3.81. The Labute approximate surface area is 125 Å². The Morgan fingerprint density at radius 2 is 2.05 bits per heavy atom. The highest BCUT2D eigenvalue weighted by Crippen LogP contribution is 2.44. The number of aromatic nitrogens is 2. The number of benzene rings is 1. The van der Waals surface area contributed by atoms with Crippen molar-refractivity contribution in [3.63, 3.8) is 0 Å². The number of carbonyl (C=O) groups is 1. The van der Waals surface area contributed by atoms with Crippen LogP contribution in [0, 0.1) is 0 Å². The minimum Gasteiger partial charge on any atom is -0.477 e. The van der Waals surface area contributed by atoms with Gasteiger partial charge < -0.3 is 5.11 Å². The van der Waals surface area contributed by atoms with Gasteiger partial charge in [-0.2, -0.15) is 0 Å². The number of thiazole rings is 1. The number of fused-ring (bicyclic) bond motifs is 1. The maximum atomic E-state index is 11.4. The van der Waals surface area contributed by atoms with Crippen LogP contribution < -0.4 is 0 Å². The third-order valence-electron chi connectivity index (χ3n) is 3.69. The molecule has 1 aliphatic rings. The monoisotopic (exact) mass is 296 g/mol. The zero-order valence-electron chi connectivity index (χ0n) is 11.1. The summed E-state index contributed by atoms with van der Waals surface area (Å²) in [5.41, 5.74) is 1.50. The Kier molecular flexibility index (Phi) is 2.75. The number of aromatic carboxylic acids is 1. The van der Waals surface area contributed by atoms with Gasteiger partial charge in [0.25, 0.3) is 0 Å². The molecule has 2 aromatic heterocycles. The van der Waals surface area contributed by atoms with Crippen LogP contribution in [0.15, 0.2) is 36.5 Å². The second-order valence-corrected chi connectivity index (χ2v) is 6.19. The maximum absolute atomic E-state index is 11.4. The molecule has 2 heterocycles. The van der Waals surface area contributed by atoms with E-state index in [0.717, 1.165) is 35.0 Å². The van der Waals surface area contributed by atoms with Gasteiger partial charge in [0.05, 0.1) is 5.69 Å². The SMILES string of the molecule is O=C(O)c1sc(-c2nccc3ccccc23)nc1C1CC1. The summed E-state index contributed by atoms with van der Waals surface area (Å²) in [6.45, 7) is 0. The van der Waals surface area contributed by atoms with Gasteiger partial charge in [-0.15, -0.1) is 11.3 Å². The van der Waals surface area contributed by atoms with Crippen LogP contribution in [0.1, 0.15) is 34.1 Å². The van der Waals surface area contributed by atoms with Gasteiger partial charge in [-0.1, -0.05) is 24.3 Å². The average Bonchev–Trinajstić information content (AvgIpc) is 3.25. The number of nitrogens with zero attached hydrogens (tertiary/aromatic N) is 2. The second-order valence-electron chi connectivity index (χ2n) is 5.19. The van der Waals surface area contributed by atoms with Crippen molar-refractivity contribution in [2.24, 2.45) is 0 Å². The Bertz CT molecular complexity index is 847. The van der Waals surface area contributed by atoms with E-state index < -0.39 is 5.97 Å².